The van der Waals surface area contributed by atoms with Crippen LogP contribution in [0.25, 0.3) is 0 Å². The van der Waals surface area contributed by atoms with Crippen molar-refractivity contribution in [2.24, 2.45) is 0 Å². The lowest BCUT2D eigenvalue weighted by Gasteiger charge is -2.10. The van der Waals surface area contributed by atoms with Gasteiger partial charge in [0.2, 0.25) is 0 Å². The Hall–Kier alpha value is -1.18. The van der Waals surface area contributed by atoms with E-state index in [9.17, 15) is 5.11 Å². The summed E-state index contributed by atoms with van der Waals surface area (Å²) in [6, 6.07) is 3.70. The van der Waals surface area contributed by atoms with E-state index in [0.29, 0.717) is 5.75 Å². The molecule has 0 bridgehead atoms. The summed E-state index contributed by atoms with van der Waals surface area (Å²) in [6.07, 6.45) is 1.78. The molecule has 1 aromatic rings. The van der Waals surface area contributed by atoms with Crippen molar-refractivity contribution in [2.45, 2.75) is 40.5 Å². The summed E-state index contributed by atoms with van der Waals surface area (Å²) in [5.74, 6) is 1.11. The van der Waals surface area contributed by atoms with E-state index < -0.39 is 0 Å². The minimum Gasteiger partial charge on any atom is -0.508 e. The maximum atomic E-state index is 9.56. The highest BCUT2D eigenvalue weighted by Gasteiger charge is 2.06. The Morgan fingerprint density at radius 1 is 1.07 bits per heavy atom. The largest absolute Gasteiger partial charge is 0.508 e. The van der Waals surface area contributed by atoms with Crippen LogP contribution in [0.2, 0.25) is 0 Å². The Morgan fingerprint density at radius 3 is 2.00 bits per heavy atom. The van der Waals surface area contributed by atoms with Crippen LogP contribution in [0, 0.1) is 0 Å². The van der Waals surface area contributed by atoms with Gasteiger partial charge in [0, 0.05) is 6.07 Å². The SMILES string of the molecule is CC.CCc1cc(CC)c(OC)cc1O. The van der Waals surface area contributed by atoms with Crippen LogP contribution < -0.4 is 4.74 Å². The first-order valence-corrected chi connectivity index (χ1v) is 5.61. The quantitative estimate of drug-likeness (QED) is 0.826. The van der Waals surface area contributed by atoms with E-state index in [2.05, 4.69) is 6.92 Å². The number of hydrogen-bond acceptors (Lipinski definition) is 2. The average Bonchev–Trinajstić information content (AvgIpc) is 2.31. The highest BCUT2D eigenvalue weighted by atomic mass is 16.5. The molecule has 0 aromatic heterocycles. The van der Waals surface area contributed by atoms with Crippen LogP contribution in [0.4, 0.5) is 0 Å². The summed E-state index contributed by atoms with van der Waals surface area (Å²) >= 11 is 0. The van der Waals surface area contributed by atoms with Gasteiger partial charge < -0.3 is 9.84 Å². The van der Waals surface area contributed by atoms with Crippen LogP contribution in [0.3, 0.4) is 0 Å². The lowest BCUT2D eigenvalue weighted by atomic mass is 10.0. The minimum atomic E-state index is 0.330. The van der Waals surface area contributed by atoms with Crippen LogP contribution in [-0.4, -0.2) is 12.2 Å². The monoisotopic (exact) mass is 210 g/mol. The van der Waals surface area contributed by atoms with Crippen molar-refractivity contribution in [3.63, 3.8) is 0 Å². The van der Waals surface area contributed by atoms with Crippen molar-refractivity contribution < 1.29 is 9.84 Å². The van der Waals surface area contributed by atoms with E-state index in [1.54, 1.807) is 13.2 Å². The second kappa shape index (κ2) is 7.16. The van der Waals surface area contributed by atoms with Crippen LogP contribution in [0.1, 0.15) is 38.8 Å². The molecule has 0 fully saturated rings. The molecule has 0 heterocycles. The fourth-order valence-corrected chi connectivity index (χ4v) is 1.41. The number of hydrogen-bond donors (Lipinski definition) is 1. The Morgan fingerprint density at radius 2 is 1.60 bits per heavy atom. The number of aromatic hydroxyl groups is 1. The first kappa shape index (κ1) is 13.8. The van der Waals surface area contributed by atoms with Gasteiger partial charge in [-0.05, 0) is 30.0 Å². The van der Waals surface area contributed by atoms with Crippen LogP contribution in [0.15, 0.2) is 12.1 Å². The van der Waals surface area contributed by atoms with Crippen molar-refractivity contribution in [2.75, 3.05) is 7.11 Å². The van der Waals surface area contributed by atoms with Gasteiger partial charge in [0.1, 0.15) is 11.5 Å². The van der Waals surface area contributed by atoms with Gasteiger partial charge in [0.05, 0.1) is 7.11 Å². The van der Waals surface area contributed by atoms with Crippen LogP contribution in [-0.2, 0) is 12.8 Å². The van der Waals surface area contributed by atoms with Crippen molar-refractivity contribution in [3.05, 3.63) is 23.3 Å². The van der Waals surface area contributed by atoms with E-state index in [-0.39, 0.29) is 0 Å². The summed E-state index contributed by atoms with van der Waals surface area (Å²) in [5, 5.41) is 9.56. The number of rotatable bonds is 3. The molecule has 0 aliphatic carbocycles. The van der Waals surface area contributed by atoms with Gasteiger partial charge in [0.15, 0.2) is 0 Å². The van der Waals surface area contributed by atoms with E-state index in [1.165, 1.54) is 0 Å². The molecule has 0 radical (unpaired) electrons. The van der Waals surface area contributed by atoms with Crippen LogP contribution in [0.5, 0.6) is 11.5 Å². The fourth-order valence-electron chi connectivity index (χ4n) is 1.41. The standard InChI is InChI=1S/C11H16O2.C2H6/c1-4-8-6-9(5-2)11(13-3)7-10(8)12;1-2/h6-7,12H,4-5H2,1-3H3;1-2H3. The summed E-state index contributed by atoms with van der Waals surface area (Å²) in [7, 11) is 1.62. The van der Waals surface area contributed by atoms with Crippen molar-refractivity contribution >= 4 is 0 Å². The summed E-state index contributed by atoms with van der Waals surface area (Å²) in [4.78, 5) is 0. The van der Waals surface area contributed by atoms with Gasteiger partial charge >= 0.3 is 0 Å². The predicted octanol–water partition coefficient (Wildman–Crippen LogP) is 3.55. The summed E-state index contributed by atoms with van der Waals surface area (Å²) in [5.41, 5.74) is 2.13. The van der Waals surface area contributed by atoms with E-state index in [1.807, 2.05) is 26.8 Å². The molecule has 0 unspecified atom stereocenters. The summed E-state index contributed by atoms with van der Waals surface area (Å²) < 4.78 is 5.16. The third-order valence-corrected chi connectivity index (χ3v) is 2.24. The highest BCUT2D eigenvalue weighted by molar-refractivity contribution is 5.45. The molecule has 0 spiro atoms. The normalized spacial score (nSPS) is 9.13. The average molecular weight is 210 g/mol. The molecule has 0 amide bonds. The molecule has 1 rings (SSSR count). The maximum Gasteiger partial charge on any atom is 0.125 e. The van der Waals surface area contributed by atoms with Gasteiger partial charge in [-0.15, -0.1) is 0 Å². The van der Waals surface area contributed by atoms with Crippen molar-refractivity contribution in [3.8, 4) is 11.5 Å². The van der Waals surface area contributed by atoms with Gasteiger partial charge in [0.25, 0.3) is 0 Å². The molecular formula is C13H22O2. The third-order valence-electron chi connectivity index (χ3n) is 2.24. The zero-order valence-corrected chi connectivity index (χ0v) is 10.4. The first-order valence-electron chi connectivity index (χ1n) is 5.61. The number of benzene rings is 1. The van der Waals surface area contributed by atoms with E-state index >= 15 is 0 Å². The lowest BCUT2D eigenvalue weighted by molar-refractivity contribution is 0.402. The molecule has 1 aromatic carbocycles. The highest BCUT2D eigenvalue weighted by Crippen LogP contribution is 2.28. The maximum absolute atomic E-state index is 9.56. The molecule has 0 saturated carbocycles. The molecule has 0 aliphatic heterocycles. The molecule has 2 heteroatoms. The number of aryl methyl sites for hydroxylation is 2. The molecular weight excluding hydrogens is 188 g/mol. The molecule has 15 heavy (non-hydrogen) atoms. The Balaban J connectivity index is 0.000000921. The Labute approximate surface area is 92.9 Å². The molecule has 1 N–H and O–H groups in total. The second-order valence-corrected chi connectivity index (χ2v) is 3.00. The number of phenolic OH excluding ortho intramolecular Hbond substituents is 1. The Bertz CT molecular complexity index is 293. The van der Waals surface area contributed by atoms with E-state index in [0.717, 1.165) is 29.7 Å². The van der Waals surface area contributed by atoms with Crippen LogP contribution >= 0.6 is 0 Å². The number of phenols is 1. The molecule has 0 saturated heterocycles. The van der Waals surface area contributed by atoms with Crippen molar-refractivity contribution in [1.82, 2.24) is 0 Å². The topological polar surface area (TPSA) is 29.5 Å². The predicted molar refractivity (Wildman–Crippen MR) is 64.8 cm³/mol. The number of methoxy groups -OCH3 is 1. The van der Waals surface area contributed by atoms with Gasteiger partial charge in [-0.3, -0.25) is 0 Å². The zero-order valence-electron chi connectivity index (χ0n) is 10.4. The first-order chi connectivity index (χ1) is 7.22. The van der Waals surface area contributed by atoms with Gasteiger partial charge in [-0.1, -0.05) is 27.7 Å². The Kier molecular flexibility index (Phi) is 6.59. The smallest absolute Gasteiger partial charge is 0.125 e. The third kappa shape index (κ3) is 3.46. The zero-order chi connectivity index (χ0) is 11.8. The van der Waals surface area contributed by atoms with Crippen molar-refractivity contribution in [1.29, 1.82) is 0 Å². The molecule has 0 aliphatic rings. The number of ether oxygens (including phenoxy) is 1. The summed E-state index contributed by atoms with van der Waals surface area (Å²) in [6.45, 7) is 8.11. The van der Waals surface area contributed by atoms with Gasteiger partial charge in [-0.25, -0.2) is 0 Å². The van der Waals surface area contributed by atoms with Gasteiger partial charge in [-0.2, -0.15) is 0 Å². The molecule has 86 valence electrons. The molecule has 0 atom stereocenters. The minimum absolute atomic E-state index is 0.330. The van der Waals surface area contributed by atoms with E-state index in [4.69, 9.17) is 4.74 Å². The second-order valence-electron chi connectivity index (χ2n) is 3.00. The fraction of sp³-hybridized carbons (Fsp3) is 0.538. The lowest BCUT2D eigenvalue weighted by Crippen LogP contribution is -1.93. The molecule has 2 nitrogen and oxygen atoms in total.